The number of alkyl halides is 2. The van der Waals surface area contributed by atoms with Crippen LogP contribution in [0.5, 0.6) is 5.75 Å². The molecule has 0 amide bonds. The van der Waals surface area contributed by atoms with Crippen molar-refractivity contribution >= 4 is 11.7 Å². The first-order valence-electron chi connectivity index (χ1n) is 7.25. The van der Waals surface area contributed by atoms with Crippen molar-refractivity contribution in [3.05, 3.63) is 69.8 Å². The summed E-state index contributed by atoms with van der Waals surface area (Å²) in [5.74, 6) is -3.02. The van der Waals surface area contributed by atoms with E-state index in [2.05, 4.69) is 4.74 Å². The van der Waals surface area contributed by atoms with Crippen LogP contribution in [-0.4, -0.2) is 17.5 Å². The second-order valence-electron chi connectivity index (χ2n) is 5.01. The van der Waals surface area contributed by atoms with Crippen molar-refractivity contribution in [2.24, 2.45) is 0 Å². The standard InChI is InChI=1S/C17H12F2N2O5/c18-17(19)26-12-6-7-13(15(8-12)21(23)24)14(9-20)16(22)25-10-11-4-2-1-3-5-11/h1-8,14,17H,10H2. The third kappa shape index (κ3) is 4.73. The second-order valence-corrected chi connectivity index (χ2v) is 5.01. The highest BCUT2D eigenvalue weighted by Crippen LogP contribution is 2.32. The molecule has 1 unspecified atom stereocenters. The number of hydrogen-bond donors (Lipinski definition) is 0. The van der Waals surface area contributed by atoms with Crippen molar-refractivity contribution in [1.82, 2.24) is 0 Å². The largest absolute Gasteiger partial charge is 0.460 e. The Morgan fingerprint density at radius 1 is 1.23 bits per heavy atom. The van der Waals surface area contributed by atoms with E-state index in [1.165, 1.54) is 0 Å². The zero-order chi connectivity index (χ0) is 19.1. The summed E-state index contributed by atoms with van der Waals surface area (Å²) in [6.07, 6.45) is 0. The third-order valence-corrected chi connectivity index (χ3v) is 3.32. The molecule has 0 aliphatic rings. The fourth-order valence-electron chi connectivity index (χ4n) is 2.16. The van der Waals surface area contributed by atoms with Crippen molar-refractivity contribution in [3.8, 4) is 11.8 Å². The highest BCUT2D eigenvalue weighted by atomic mass is 19.3. The van der Waals surface area contributed by atoms with Crippen molar-refractivity contribution in [1.29, 1.82) is 5.26 Å². The van der Waals surface area contributed by atoms with Crippen LogP contribution in [-0.2, 0) is 16.1 Å². The summed E-state index contributed by atoms with van der Waals surface area (Å²) in [6.45, 7) is -3.28. The number of nitriles is 1. The number of halogens is 2. The Bertz CT molecular complexity index is 837. The summed E-state index contributed by atoms with van der Waals surface area (Å²) in [4.78, 5) is 22.5. The van der Waals surface area contributed by atoms with E-state index in [1.807, 2.05) is 0 Å². The van der Waals surface area contributed by atoms with Crippen LogP contribution in [0.25, 0.3) is 0 Å². The van der Waals surface area contributed by atoms with E-state index in [0.717, 1.165) is 18.2 Å². The molecule has 9 heteroatoms. The Kier molecular flexibility index (Phi) is 6.16. The minimum absolute atomic E-state index is 0.113. The molecule has 0 N–H and O–H groups in total. The molecule has 2 aromatic carbocycles. The van der Waals surface area contributed by atoms with Gasteiger partial charge >= 0.3 is 12.6 Å². The number of hydrogen-bond acceptors (Lipinski definition) is 6. The maximum atomic E-state index is 12.2. The van der Waals surface area contributed by atoms with Crippen LogP contribution < -0.4 is 4.74 Å². The number of rotatable bonds is 7. The Balaban J connectivity index is 2.23. The fourth-order valence-corrected chi connectivity index (χ4v) is 2.16. The lowest BCUT2D eigenvalue weighted by atomic mass is 9.98. The van der Waals surface area contributed by atoms with Gasteiger partial charge in [0.25, 0.3) is 5.69 Å². The van der Waals surface area contributed by atoms with Gasteiger partial charge in [-0.15, -0.1) is 0 Å². The predicted molar refractivity (Wildman–Crippen MR) is 84.3 cm³/mol. The molecule has 26 heavy (non-hydrogen) atoms. The maximum Gasteiger partial charge on any atom is 0.387 e. The van der Waals surface area contributed by atoms with Crippen LogP contribution in [0.1, 0.15) is 17.0 Å². The van der Waals surface area contributed by atoms with Gasteiger partial charge in [-0.25, -0.2) is 0 Å². The van der Waals surface area contributed by atoms with E-state index in [9.17, 15) is 29.0 Å². The highest BCUT2D eigenvalue weighted by molar-refractivity contribution is 5.83. The number of carbonyl (C=O) groups is 1. The lowest BCUT2D eigenvalue weighted by Gasteiger charge is -2.12. The minimum atomic E-state index is -3.16. The second kappa shape index (κ2) is 8.53. The van der Waals surface area contributed by atoms with Gasteiger partial charge in [0, 0.05) is 0 Å². The van der Waals surface area contributed by atoms with E-state index >= 15 is 0 Å². The van der Waals surface area contributed by atoms with Crippen molar-refractivity contribution in [3.63, 3.8) is 0 Å². The first-order valence-corrected chi connectivity index (χ1v) is 7.25. The van der Waals surface area contributed by atoms with E-state index in [1.54, 1.807) is 36.4 Å². The van der Waals surface area contributed by atoms with Crippen molar-refractivity contribution in [2.75, 3.05) is 0 Å². The maximum absolute atomic E-state index is 12.2. The molecule has 0 radical (unpaired) electrons. The number of nitro groups is 1. The van der Waals surface area contributed by atoms with Gasteiger partial charge in [0.15, 0.2) is 5.92 Å². The first kappa shape index (κ1) is 18.8. The summed E-state index contributed by atoms with van der Waals surface area (Å²) in [5.41, 5.74) is -0.281. The van der Waals surface area contributed by atoms with Crippen LogP contribution >= 0.6 is 0 Å². The van der Waals surface area contributed by atoms with Gasteiger partial charge in [-0.1, -0.05) is 30.3 Å². The zero-order valence-corrected chi connectivity index (χ0v) is 13.2. The van der Waals surface area contributed by atoms with Crippen LogP contribution in [0, 0.1) is 21.4 Å². The Hall–Kier alpha value is -3.54. The SMILES string of the molecule is N#CC(C(=O)OCc1ccccc1)c1ccc(OC(F)F)cc1[N+](=O)[O-]. The number of nitro benzene ring substituents is 1. The van der Waals surface area contributed by atoms with Crippen molar-refractivity contribution < 1.29 is 28.0 Å². The molecule has 0 saturated heterocycles. The summed E-state index contributed by atoms with van der Waals surface area (Å²) in [6, 6.07) is 13.1. The van der Waals surface area contributed by atoms with Gasteiger partial charge < -0.3 is 9.47 Å². The summed E-state index contributed by atoms with van der Waals surface area (Å²) >= 11 is 0. The summed E-state index contributed by atoms with van der Waals surface area (Å²) in [5, 5.41) is 20.4. The molecular weight excluding hydrogens is 350 g/mol. The molecule has 1 atom stereocenters. The van der Waals surface area contributed by atoms with Crippen LogP contribution in [0.15, 0.2) is 48.5 Å². The van der Waals surface area contributed by atoms with Crippen LogP contribution in [0.3, 0.4) is 0 Å². The molecule has 2 rings (SSSR count). The summed E-state index contributed by atoms with van der Waals surface area (Å²) < 4.78 is 33.6. The normalized spacial score (nSPS) is 11.5. The highest BCUT2D eigenvalue weighted by Gasteiger charge is 2.30. The Labute approximate surface area is 146 Å². The average Bonchev–Trinajstić information content (AvgIpc) is 2.61. The minimum Gasteiger partial charge on any atom is -0.460 e. The average molecular weight is 362 g/mol. The lowest BCUT2D eigenvalue weighted by Crippen LogP contribution is -2.16. The van der Waals surface area contributed by atoms with Gasteiger partial charge in [0.2, 0.25) is 0 Å². The van der Waals surface area contributed by atoms with Gasteiger partial charge in [-0.05, 0) is 17.7 Å². The molecule has 0 fully saturated rings. The zero-order valence-electron chi connectivity index (χ0n) is 13.2. The Morgan fingerprint density at radius 2 is 1.92 bits per heavy atom. The Morgan fingerprint density at radius 3 is 2.50 bits per heavy atom. The predicted octanol–water partition coefficient (Wildman–Crippen LogP) is 3.55. The molecule has 0 aliphatic carbocycles. The topological polar surface area (TPSA) is 102 Å². The van der Waals surface area contributed by atoms with Gasteiger partial charge in [-0.3, -0.25) is 14.9 Å². The number of esters is 1. The number of ether oxygens (including phenoxy) is 2. The quantitative estimate of drug-likeness (QED) is 0.424. The van der Waals surface area contributed by atoms with Crippen LogP contribution in [0.2, 0.25) is 0 Å². The van der Waals surface area contributed by atoms with E-state index in [4.69, 9.17) is 4.74 Å². The molecule has 0 heterocycles. The smallest absolute Gasteiger partial charge is 0.387 e. The fraction of sp³-hybridized carbons (Fsp3) is 0.176. The van der Waals surface area contributed by atoms with E-state index < -0.39 is 34.9 Å². The molecule has 7 nitrogen and oxygen atoms in total. The molecule has 0 aliphatic heterocycles. The number of nitrogens with zero attached hydrogens (tertiary/aromatic N) is 2. The number of benzene rings is 2. The summed E-state index contributed by atoms with van der Waals surface area (Å²) in [7, 11) is 0. The van der Waals surface area contributed by atoms with Gasteiger partial charge in [0.1, 0.15) is 12.4 Å². The van der Waals surface area contributed by atoms with Crippen molar-refractivity contribution in [2.45, 2.75) is 19.1 Å². The lowest BCUT2D eigenvalue weighted by molar-refractivity contribution is -0.385. The van der Waals surface area contributed by atoms with Crippen LogP contribution in [0.4, 0.5) is 14.5 Å². The molecule has 0 bridgehead atoms. The van der Waals surface area contributed by atoms with E-state index in [-0.39, 0.29) is 12.2 Å². The third-order valence-electron chi connectivity index (χ3n) is 3.32. The number of carbonyl (C=O) groups excluding carboxylic acids is 1. The molecule has 2 aromatic rings. The van der Waals surface area contributed by atoms with Gasteiger partial charge in [-0.2, -0.15) is 14.0 Å². The van der Waals surface area contributed by atoms with Gasteiger partial charge in [0.05, 0.1) is 22.6 Å². The molecule has 0 spiro atoms. The molecule has 134 valence electrons. The monoisotopic (exact) mass is 362 g/mol. The molecule has 0 saturated carbocycles. The first-order chi connectivity index (χ1) is 12.4. The molecule has 0 aromatic heterocycles. The molecular formula is C17H12F2N2O5. The van der Waals surface area contributed by atoms with E-state index in [0.29, 0.717) is 5.56 Å².